The molecule has 0 fully saturated rings. The van der Waals surface area contributed by atoms with E-state index >= 15 is 0 Å². The molecule has 0 radical (unpaired) electrons. The minimum Gasteiger partial charge on any atom is -0.507 e. The minimum absolute atomic E-state index is 0.432. The number of aromatic hydroxyl groups is 1. The first-order valence-electron chi connectivity index (χ1n) is 4.87. The average molecular weight is 209 g/mol. The molecule has 1 aromatic carbocycles. The summed E-state index contributed by atoms with van der Waals surface area (Å²) in [7, 11) is 0. The zero-order valence-electron chi connectivity index (χ0n) is 8.02. The molecule has 1 N–H and O–H groups in total. The van der Waals surface area contributed by atoms with Crippen molar-refractivity contribution in [3.63, 3.8) is 0 Å². The fourth-order valence-corrected chi connectivity index (χ4v) is 2.42. The molecule has 14 heavy (non-hydrogen) atoms. The molecule has 2 heteroatoms. The number of benzene rings is 1. The van der Waals surface area contributed by atoms with E-state index in [4.69, 9.17) is 11.6 Å². The third-order valence-corrected chi connectivity index (χ3v) is 3.10. The third kappa shape index (κ3) is 1.42. The molecule has 0 heterocycles. The van der Waals surface area contributed by atoms with E-state index in [1.54, 1.807) is 6.08 Å². The second-order valence-electron chi connectivity index (χ2n) is 3.67. The lowest BCUT2D eigenvalue weighted by atomic mass is 10.0. The molecule has 1 nitrogen and oxygen atoms in total. The van der Waals surface area contributed by atoms with E-state index in [0.717, 1.165) is 41.0 Å². The van der Waals surface area contributed by atoms with Gasteiger partial charge in [0.15, 0.2) is 0 Å². The molecule has 0 unspecified atom stereocenters. The van der Waals surface area contributed by atoms with Crippen molar-refractivity contribution < 1.29 is 5.11 Å². The molecule has 1 aliphatic rings. The van der Waals surface area contributed by atoms with Crippen LogP contribution in [-0.4, -0.2) is 5.11 Å². The topological polar surface area (TPSA) is 20.2 Å². The molecule has 0 saturated heterocycles. The Hall–Kier alpha value is -0.950. The van der Waals surface area contributed by atoms with Gasteiger partial charge in [0.2, 0.25) is 0 Å². The number of fused-ring (bicyclic) bond motifs is 1. The Morgan fingerprint density at radius 2 is 2.14 bits per heavy atom. The summed E-state index contributed by atoms with van der Waals surface area (Å²) in [6.45, 7) is 3.67. The van der Waals surface area contributed by atoms with E-state index in [2.05, 4.69) is 6.58 Å². The van der Waals surface area contributed by atoms with E-state index in [9.17, 15) is 5.11 Å². The van der Waals surface area contributed by atoms with Gasteiger partial charge in [-0.1, -0.05) is 17.7 Å². The standard InChI is InChI=1S/C12H13ClO/c1-2-4-8-7-11(13)9-5-3-6-10(9)12(8)14/h2,7,14H,1,3-6H2. The summed E-state index contributed by atoms with van der Waals surface area (Å²) in [6.07, 6.45) is 5.51. The van der Waals surface area contributed by atoms with Crippen molar-refractivity contribution in [3.8, 4) is 5.75 Å². The van der Waals surface area contributed by atoms with Gasteiger partial charge in [-0.2, -0.15) is 0 Å². The summed E-state index contributed by atoms with van der Waals surface area (Å²) < 4.78 is 0. The van der Waals surface area contributed by atoms with Crippen LogP contribution in [0.4, 0.5) is 0 Å². The first kappa shape index (κ1) is 9.60. The number of hydrogen-bond donors (Lipinski definition) is 1. The highest BCUT2D eigenvalue weighted by Gasteiger charge is 2.20. The van der Waals surface area contributed by atoms with Crippen LogP contribution in [0, 0.1) is 0 Å². The number of phenolic OH excluding ortho intramolecular Hbond substituents is 1. The molecule has 0 amide bonds. The summed E-state index contributed by atoms with van der Waals surface area (Å²) in [5.74, 6) is 0.432. The van der Waals surface area contributed by atoms with Crippen LogP contribution in [0.5, 0.6) is 5.75 Å². The van der Waals surface area contributed by atoms with E-state index in [-0.39, 0.29) is 0 Å². The predicted octanol–water partition coefficient (Wildman–Crippen LogP) is 3.26. The van der Waals surface area contributed by atoms with Crippen molar-refractivity contribution in [1.29, 1.82) is 0 Å². The highest BCUT2D eigenvalue weighted by Crippen LogP contribution is 2.38. The predicted molar refractivity (Wildman–Crippen MR) is 59.0 cm³/mol. The zero-order chi connectivity index (χ0) is 10.1. The molecule has 74 valence electrons. The van der Waals surface area contributed by atoms with E-state index < -0.39 is 0 Å². The number of phenols is 1. The lowest BCUT2D eigenvalue weighted by Gasteiger charge is -2.09. The molecule has 0 spiro atoms. The first-order valence-corrected chi connectivity index (χ1v) is 5.25. The van der Waals surface area contributed by atoms with Crippen molar-refractivity contribution in [1.82, 2.24) is 0 Å². The Morgan fingerprint density at radius 3 is 2.86 bits per heavy atom. The van der Waals surface area contributed by atoms with Crippen molar-refractivity contribution in [2.75, 3.05) is 0 Å². The van der Waals surface area contributed by atoms with Crippen LogP contribution in [-0.2, 0) is 19.3 Å². The van der Waals surface area contributed by atoms with Crippen LogP contribution in [0.2, 0.25) is 5.02 Å². The molecule has 0 saturated carbocycles. The molecule has 1 aromatic rings. The fraction of sp³-hybridized carbons (Fsp3) is 0.333. The first-order chi connectivity index (χ1) is 6.74. The maximum Gasteiger partial charge on any atom is 0.122 e. The van der Waals surface area contributed by atoms with Crippen LogP contribution in [0.3, 0.4) is 0 Å². The number of halogens is 1. The lowest BCUT2D eigenvalue weighted by Crippen LogP contribution is -1.91. The highest BCUT2D eigenvalue weighted by atomic mass is 35.5. The van der Waals surface area contributed by atoms with Gasteiger partial charge >= 0.3 is 0 Å². The second-order valence-corrected chi connectivity index (χ2v) is 4.08. The Morgan fingerprint density at radius 1 is 1.43 bits per heavy atom. The maximum absolute atomic E-state index is 9.96. The number of allylic oxidation sites excluding steroid dienone is 1. The van der Waals surface area contributed by atoms with Crippen LogP contribution in [0.15, 0.2) is 18.7 Å². The fourth-order valence-electron chi connectivity index (χ4n) is 2.08. The van der Waals surface area contributed by atoms with Crippen LogP contribution in [0.1, 0.15) is 23.1 Å². The molecule has 2 rings (SSSR count). The highest BCUT2D eigenvalue weighted by molar-refractivity contribution is 6.31. The van der Waals surface area contributed by atoms with Gasteiger partial charge in [0.05, 0.1) is 0 Å². The molecule has 0 aliphatic heterocycles. The van der Waals surface area contributed by atoms with Gasteiger partial charge in [-0.05, 0) is 48.4 Å². The molecular weight excluding hydrogens is 196 g/mol. The molecule has 0 bridgehead atoms. The quantitative estimate of drug-likeness (QED) is 0.740. The Balaban J connectivity index is 2.55. The van der Waals surface area contributed by atoms with Crippen molar-refractivity contribution >= 4 is 11.6 Å². The summed E-state index contributed by atoms with van der Waals surface area (Å²) in [4.78, 5) is 0. The van der Waals surface area contributed by atoms with Crippen molar-refractivity contribution in [3.05, 3.63) is 40.4 Å². The van der Waals surface area contributed by atoms with E-state index in [1.807, 2.05) is 6.07 Å². The van der Waals surface area contributed by atoms with Crippen LogP contribution >= 0.6 is 11.6 Å². The molecule has 0 aromatic heterocycles. The van der Waals surface area contributed by atoms with Gasteiger partial charge in [-0.25, -0.2) is 0 Å². The minimum atomic E-state index is 0.432. The van der Waals surface area contributed by atoms with E-state index in [1.165, 1.54) is 0 Å². The smallest absolute Gasteiger partial charge is 0.122 e. The molecule has 0 atom stereocenters. The second kappa shape index (κ2) is 3.66. The number of hydrogen-bond acceptors (Lipinski definition) is 1. The van der Waals surface area contributed by atoms with Crippen LogP contribution < -0.4 is 0 Å². The summed E-state index contributed by atoms with van der Waals surface area (Å²) in [6, 6.07) is 1.86. The normalized spacial score (nSPS) is 14.1. The molecular formula is C12H13ClO. The Kier molecular flexibility index (Phi) is 2.51. The maximum atomic E-state index is 9.96. The monoisotopic (exact) mass is 208 g/mol. The van der Waals surface area contributed by atoms with Gasteiger partial charge in [-0.3, -0.25) is 0 Å². The summed E-state index contributed by atoms with van der Waals surface area (Å²) >= 11 is 6.14. The number of rotatable bonds is 2. The third-order valence-electron chi connectivity index (χ3n) is 2.76. The summed E-state index contributed by atoms with van der Waals surface area (Å²) in [5, 5.41) is 10.8. The van der Waals surface area contributed by atoms with Crippen LogP contribution in [0.25, 0.3) is 0 Å². The van der Waals surface area contributed by atoms with Gasteiger partial charge in [0, 0.05) is 5.02 Å². The van der Waals surface area contributed by atoms with Gasteiger partial charge in [-0.15, -0.1) is 6.58 Å². The summed E-state index contributed by atoms with van der Waals surface area (Å²) in [5.41, 5.74) is 3.08. The lowest BCUT2D eigenvalue weighted by molar-refractivity contribution is 0.463. The van der Waals surface area contributed by atoms with E-state index in [0.29, 0.717) is 12.2 Å². The van der Waals surface area contributed by atoms with Crippen molar-refractivity contribution in [2.45, 2.75) is 25.7 Å². The SMILES string of the molecule is C=CCc1cc(Cl)c2c(c1O)CCC2. The van der Waals surface area contributed by atoms with Gasteiger partial charge < -0.3 is 5.11 Å². The van der Waals surface area contributed by atoms with Crippen molar-refractivity contribution in [2.24, 2.45) is 0 Å². The Labute approximate surface area is 89.0 Å². The van der Waals surface area contributed by atoms with Gasteiger partial charge in [0.25, 0.3) is 0 Å². The zero-order valence-corrected chi connectivity index (χ0v) is 8.77. The largest absolute Gasteiger partial charge is 0.507 e. The molecule has 1 aliphatic carbocycles. The average Bonchev–Trinajstić information content (AvgIpc) is 2.63. The Bertz CT molecular complexity index is 382. The van der Waals surface area contributed by atoms with Gasteiger partial charge in [0.1, 0.15) is 5.75 Å².